The number of nitrogens with zero attached hydrogens (tertiary/aromatic N) is 4. The Hall–Kier alpha value is -2.73. The molecule has 1 aliphatic rings. The molecule has 24 heavy (non-hydrogen) atoms. The van der Waals surface area contributed by atoms with Crippen LogP contribution in [0.5, 0.6) is 0 Å². The Morgan fingerprint density at radius 3 is 2.83 bits per heavy atom. The fraction of sp³-hybridized carbons (Fsp3) is 0.278. The third-order valence-electron chi connectivity index (χ3n) is 3.61. The van der Waals surface area contributed by atoms with Crippen LogP contribution in [0.15, 0.2) is 54.3 Å². The number of benzene rings is 1. The molecule has 0 atom stereocenters. The number of hydrogen-bond donors (Lipinski definition) is 1. The van der Waals surface area contributed by atoms with Gasteiger partial charge in [-0.25, -0.2) is 4.98 Å². The number of aromatic nitrogens is 3. The number of anilines is 2. The first-order valence-electron chi connectivity index (χ1n) is 8.04. The largest absolute Gasteiger partial charge is 0.377 e. The second kappa shape index (κ2) is 7.70. The van der Waals surface area contributed by atoms with Gasteiger partial charge in [-0.05, 0) is 18.1 Å². The maximum atomic E-state index is 5.75. The smallest absolute Gasteiger partial charge is 0.240 e. The molecule has 6 heteroatoms. The van der Waals surface area contributed by atoms with Gasteiger partial charge in [-0.1, -0.05) is 43.3 Å². The highest BCUT2D eigenvalue weighted by Gasteiger charge is 2.18. The number of ether oxygens (including phenoxy) is 1. The zero-order valence-electron chi connectivity index (χ0n) is 13.7. The highest BCUT2D eigenvalue weighted by atomic mass is 16.5. The van der Waals surface area contributed by atoms with E-state index in [0.29, 0.717) is 19.0 Å². The maximum absolute atomic E-state index is 5.75. The molecule has 0 aliphatic carbocycles. The Morgan fingerprint density at radius 2 is 2.04 bits per heavy atom. The van der Waals surface area contributed by atoms with E-state index in [2.05, 4.69) is 28.2 Å². The molecule has 1 aromatic carbocycles. The van der Waals surface area contributed by atoms with Crippen molar-refractivity contribution in [3.63, 3.8) is 0 Å². The van der Waals surface area contributed by atoms with E-state index in [1.54, 1.807) is 0 Å². The van der Waals surface area contributed by atoms with Crippen LogP contribution in [0.1, 0.15) is 13.3 Å². The van der Waals surface area contributed by atoms with Crippen LogP contribution in [0.25, 0.3) is 11.3 Å². The third-order valence-corrected chi connectivity index (χ3v) is 3.61. The molecule has 6 nitrogen and oxygen atoms in total. The maximum Gasteiger partial charge on any atom is 0.240 e. The topological polar surface area (TPSA) is 77.2 Å². The van der Waals surface area contributed by atoms with Crippen molar-refractivity contribution < 1.29 is 4.74 Å². The van der Waals surface area contributed by atoms with Gasteiger partial charge in [-0.3, -0.25) is 0 Å². The molecule has 1 aromatic heterocycles. The van der Waals surface area contributed by atoms with Crippen LogP contribution in [0.4, 0.5) is 11.8 Å². The standard InChI is InChI=1S/C18H21N5O/c1-2-11-24-13-14-7-6-10-23(12-14)17-16(20-18(19)22-21-17)15-8-4-3-5-9-15/h3-10H,2,11-13H2,1H3,(H2,19,20,22). The van der Waals surface area contributed by atoms with Crippen molar-refractivity contribution in [2.75, 3.05) is 30.4 Å². The second-order valence-corrected chi connectivity index (χ2v) is 5.56. The Labute approximate surface area is 141 Å². The van der Waals surface area contributed by atoms with Crippen LogP contribution in [0.3, 0.4) is 0 Å². The van der Waals surface area contributed by atoms with Crippen molar-refractivity contribution in [3.8, 4) is 11.3 Å². The predicted molar refractivity (Wildman–Crippen MR) is 95.4 cm³/mol. The number of nitrogen functional groups attached to an aromatic ring is 1. The normalized spacial score (nSPS) is 13.9. The van der Waals surface area contributed by atoms with E-state index in [1.807, 2.05) is 47.5 Å². The van der Waals surface area contributed by atoms with E-state index in [0.717, 1.165) is 24.3 Å². The predicted octanol–water partition coefficient (Wildman–Crippen LogP) is 2.81. The second-order valence-electron chi connectivity index (χ2n) is 5.56. The fourth-order valence-electron chi connectivity index (χ4n) is 2.51. The van der Waals surface area contributed by atoms with Crippen LogP contribution in [0.2, 0.25) is 0 Å². The van der Waals surface area contributed by atoms with Gasteiger partial charge in [0, 0.05) is 24.9 Å². The quantitative estimate of drug-likeness (QED) is 0.824. The van der Waals surface area contributed by atoms with Crippen molar-refractivity contribution in [2.24, 2.45) is 0 Å². The summed E-state index contributed by atoms with van der Waals surface area (Å²) in [5.41, 5.74) is 8.62. The van der Waals surface area contributed by atoms with E-state index in [4.69, 9.17) is 10.5 Å². The van der Waals surface area contributed by atoms with Gasteiger partial charge in [-0.15, -0.1) is 10.2 Å². The SMILES string of the molecule is CCCOCC1=CC=CN(c2nnc(N)nc2-c2ccccc2)C1. The molecule has 0 saturated carbocycles. The lowest BCUT2D eigenvalue weighted by molar-refractivity contribution is 0.156. The lowest BCUT2D eigenvalue weighted by Crippen LogP contribution is -2.26. The highest BCUT2D eigenvalue weighted by Crippen LogP contribution is 2.28. The van der Waals surface area contributed by atoms with E-state index >= 15 is 0 Å². The van der Waals surface area contributed by atoms with Gasteiger partial charge in [0.2, 0.25) is 5.95 Å². The minimum Gasteiger partial charge on any atom is -0.377 e. The molecule has 0 fully saturated rings. The van der Waals surface area contributed by atoms with E-state index in [9.17, 15) is 0 Å². The Balaban J connectivity index is 1.85. The van der Waals surface area contributed by atoms with Crippen molar-refractivity contribution >= 4 is 11.8 Å². The number of rotatable bonds is 6. The summed E-state index contributed by atoms with van der Waals surface area (Å²) in [7, 11) is 0. The van der Waals surface area contributed by atoms with Crippen LogP contribution < -0.4 is 10.6 Å². The van der Waals surface area contributed by atoms with Crippen molar-refractivity contribution in [1.29, 1.82) is 0 Å². The number of hydrogen-bond acceptors (Lipinski definition) is 6. The Bertz CT molecular complexity index is 742. The molecule has 1 aliphatic heterocycles. The summed E-state index contributed by atoms with van der Waals surface area (Å²) in [6.45, 7) is 4.17. The van der Waals surface area contributed by atoms with Crippen molar-refractivity contribution in [2.45, 2.75) is 13.3 Å². The average Bonchev–Trinajstić information content (AvgIpc) is 2.63. The molecule has 0 unspecified atom stereocenters. The molecule has 124 valence electrons. The molecule has 2 aromatic rings. The molecule has 2 N–H and O–H groups in total. The summed E-state index contributed by atoms with van der Waals surface area (Å²) in [5, 5.41) is 8.21. The first kappa shape index (κ1) is 16.1. The van der Waals surface area contributed by atoms with Gasteiger partial charge >= 0.3 is 0 Å². The van der Waals surface area contributed by atoms with Crippen LogP contribution in [0, 0.1) is 0 Å². The molecule has 0 spiro atoms. The Morgan fingerprint density at radius 1 is 1.21 bits per heavy atom. The lowest BCUT2D eigenvalue weighted by Gasteiger charge is -2.25. The van der Waals surface area contributed by atoms with E-state index in [1.165, 1.54) is 5.57 Å². The molecular weight excluding hydrogens is 302 g/mol. The van der Waals surface area contributed by atoms with Gasteiger partial charge in [0.25, 0.3) is 0 Å². The molecular formula is C18H21N5O. The molecule has 2 heterocycles. The molecule has 0 amide bonds. The zero-order valence-corrected chi connectivity index (χ0v) is 13.7. The van der Waals surface area contributed by atoms with E-state index in [-0.39, 0.29) is 5.95 Å². The summed E-state index contributed by atoms with van der Waals surface area (Å²) in [5.74, 6) is 0.855. The van der Waals surface area contributed by atoms with Gasteiger partial charge < -0.3 is 15.4 Å². The summed E-state index contributed by atoms with van der Waals surface area (Å²) in [4.78, 5) is 6.42. The first-order valence-corrected chi connectivity index (χ1v) is 8.04. The summed E-state index contributed by atoms with van der Waals surface area (Å²) < 4.78 is 5.64. The van der Waals surface area contributed by atoms with Crippen molar-refractivity contribution in [3.05, 3.63) is 54.3 Å². The monoisotopic (exact) mass is 323 g/mol. The van der Waals surface area contributed by atoms with Crippen LogP contribution >= 0.6 is 0 Å². The van der Waals surface area contributed by atoms with Crippen molar-refractivity contribution in [1.82, 2.24) is 15.2 Å². The summed E-state index contributed by atoms with van der Waals surface area (Å²) in [6, 6.07) is 9.87. The summed E-state index contributed by atoms with van der Waals surface area (Å²) in [6.07, 6.45) is 7.05. The minimum atomic E-state index is 0.167. The van der Waals surface area contributed by atoms with Crippen LogP contribution in [-0.2, 0) is 4.74 Å². The van der Waals surface area contributed by atoms with Gasteiger partial charge in [0.1, 0.15) is 5.69 Å². The minimum absolute atomic E-state index is 0.167. The third kappa shape index (κ3) is 3.78. The molecule has 0 radical (unpaired) electrons. The number of nitrogens with two attached hydrogens (primary N) is 1. The number of allylic oxidation sites excluding steroid dienone is 2. The average molecular weight is 323 g/mol. The van der Waals surface area contributed by atoms with Crippen LogP contribution in [-0.4, -0.2) is 34.9 Å². The molecule has 3 rings (SSSR count). The summed E-state index contributed by atoms with van der Waals surface area (Å²) >= 11 is 0. The lowest BCUT2D eigenvalue weighted by atomic mass is 10.1. The van der Waals surface area contributed by atoms with Gasteiger partial charge in [0.05, 0.1) is 6.61 Å². The van der Waals surface area contributed by atoms with E-state index < -0.39 is 0 Å². The zero-order chi connectivity index (χ0) is 16.8. The first-order chi connectivity index (χ1) is 11.8. The molecule has 0 bridgehead atoms. The van der Waals surface area contributed by atoms with Gasteiger partial charge in [0.15, 0.2) is 5.82 Å². The Kier molecular flexibility index (Phi) is 5.18. The highest BCUT2D eigenvalue weighted by molar-refractivity contribution is 5.73. The fourth-order valence-corrected chi connectivity index (χ4v) is 2.51. The van der Waals surface area contributed by atoms with Gasteiger partial charge in [-0.2, -0.15) is 0 Å². The molecule has 0 saturated heterocycles.